The SMILES string of the molecule is Cc1nnc2n1CC(NC(=O)c1csc(-c3ncccn3)n1)CC2. The maximum absolute atomic E-state index is 12.4. The first kappa shape index (κ1) is 14.9. The summed E-state index contributed by atoms with van der Waals surface area (Å²) in [6.07, 6.45) is 4.98. The van der Waals surface area contributed by atoms with E-state index in [1.165, 1.54) is 11.3 Å². The molecule has 1 N–H and O–H groups in total. The van der Waals surface area contributed by atoms with Gasteiger partial charge in [0.25, 0.3) is 5.91 Å². The Hall–Kier alpha value is -2.68. The second-order valence-corrected chi connectivity index (χ2v) is 6.45. The third-order valence-electron chi connectivity index (χ3n) is 3.96. The van der Waals surface area contributed by atoms with Crippen molar-refractivity contribution in [3.05, 3.63) is 41.2 Å². The van der Waals surface area contributed by atoms with E-state index in [9.17, 15) is 4.79 Å². The number of aryl methyl sites for hydroxylation is 2. The lowest BCUT2D eigenvalue weighted by molar-refractivity contribution is 0.0923. The summed E-state index contributed by atoms with van der Waals surface area (Å²) in [4.78, 5) is 25.1. The number of amides is 1. The first-order valence-corrected chi connectivity index (χ1v) is 8.51. The van der Waals surface area contributed by atoms with Crippen molar-refractivity contribution in [1.29, 1.82) is 0 Å². The number of hydrogen-bond acceptors (Lipinski definition) is 7. The molecule has 0 aromatic carbocycles. The summed E-state index contributed by atoms with van der Waals surface area (Å²) in [6, 6.07) is 1.80. The molecule has 1 amide bonds. The fourth-order valence-electron chi connectivity index (χ4n) is 2.73. The Kier molecular flexibility index (Phi) is 3.77. The lowest BCUT2D eigenvalue weighted by atomic mass is 10.1. The molecule has 3 aromatic rings. The van der Waals surface area contributed by atoms with Gasteiger partial charge in [0, 0.05) is 36.8 Å². The van der Waals surface area contributed by atoms with Gasteiger partial charge in [0.15, 0.2) is 10.8 Å². The molecule has 4 heterocycles. The zero-order valence-corrected chi connectivity index (χ0v) is 13.8. The van der Waals surface area contributed by atoms with Gasteiger partial charge < -0.3 is 9.88 Å². The lowest BCUT2D eigenvalue weighted by Crippen LogP contribution is -2.41. The molecule has 1 aliphatic heterocycles. The zero-order valence-electron chi connectivity index (χ0n) is 13.0. The molecule has 0 aliphatic carbocycles. The molecule has 0 saturated carbocycles. The van der Waals surface area contributed by atoms with E-state index in [1.54, 1.807) is 23.8 Å². The number of thiazole rings is 1. The van der Waals surface area contributed by atoms with Crippen molar-refractivity contribution in [2.45, 2.75) is 32.4 Å². The van der Waals surface area contributed by atoms with Gasteiger partial charge in [0.2, 0.25) is 0 Å². The Labute approximate surface area is 142 Å². The molecule has 0 fully saturated rings. The van der Waals surface area contributed by atoms with Crippen LogP contribution in [0.4, 0.5) is 0 Å². The fourth-order valence-corrected chi connectivity index (χ4v) is 3.47. The van der Waals surface area contributed by atoms with Gasteiger partial charge >= 0.3 is 0 Å². The molecule has 0 radical (unpaired) electrons. The first-order valence-electron chi connectivity index (χ1n) is 7.63. The van der Waals surface area contributed by atoms with E-state index >= 15 is 0 Å². The van der Waals surface area contributed by atoms with Crippen LogP contribution in [-0.4, -0.2) is 41.7 Å². The van der Waals surface area contributed by atoms with Crippen LogP contribution in [0.25, 0.3) is 10.8 Å². The van der Waals surface area contributed by atoms with Crippen LogP contribution in [0.1, 0.15) is 28.6 Å². The van der Waals surface area contributed by atoms with Crippen LogP contribution in [0.3, 0.4) is 0 Å². The maximum Gasteiger partial charge on any atom is 0.271 e. The quantitative estimate of drug-likeness (QED) is 0.770. The van der Waals surface area contributed by atoms with Gasteiger partial charge in [0.1, 0.15) is 17.3 Å². The van der Waals surface area contributed by atoms with Gasteiger partial charge in [-0.05, 0) is 19.4 Å². The van der Waals surface area contributed by atoms with Gasteiger partial charge in [0.05, 0.1) is 0 Å². The Balaban J connectivity index is 1.46. The van der Waals surface area contributed by atoms with Crippen LogP contribution in [0.15, 0.2) is 23.8 Å². The molecule has 1 aliphatic rings. The standard InChI is InChI=1S/C15H15N7OS/c1-9-20-21-12-4-3-10(7-22(9)12)18-14(23)11-8-24-15(19-11)13-16-5-2-6-17-13/h2,5-6,8,10H,3-4,7H2,1H3,(H,18,23). The monoisotopic (exact) mass is 341 g/mol. The molecule has 3 aromatic heterocycles. The van der Waals surface area contributed by atoms with Crippen LogP contribution in [0.5, 0.6) is 0 Å². The molecule has 122 valence electrons. The summed E-state index contributed by atoms with van der Waals surface area (Å²) >= 11 is 1.36. The maximum atomic E-state index is 12.4. The van der Waals surface area contributed by atoms with E-state index in [1.807, 2.05) is 6.92 Å². The van der Waals surface area contributed by atoms with Crippen molar-refractivity contribution in [2.24, 2.45) is 0 Å². The molecule has 1 atom stereocenters. The Morgan fingerprint density at radius 2 is 2.17 bits per heavy atom. The number of carbonyl (C=O) groups is 1. The molecule has 8 nitrogen and oxygen atoms in total. The Morgan fingerprint density at radius 1 is 1.33 bits per heavy atom. The highest BCUT2D eigenvalue weighted by Gasteiger charge is 2.24. The van der Waals surface area contributed by atoms with Gasteiger partial charge in [-0.2, -0.15) is 0 Å². The normalized spacial score (nSPS) is 16.6. The van der Waals surface area contributed by atoms with Gasteiger partial charge in [-0.1, -0.05) is 0 Å². The van der Waals surface area contributed by atoms with Crippen LogP contribution >= 0.6 is 11.3 Å². The molecular formula is C15H15N7OS. The number of nitrogens with zero attached hydrogens (tertiary/aromatic N) is 6. The van der Waals surface area contributed by atoms with E-state index in [-0.39, 0.29) is 11.9 Å². The Bertz CT molecular complexity index is 873. The predicted molar refractivity (Wildman–Crippen MR) is 87.5 cm³/mol. The number of fused-ring (bicyclic) bond motifs is 1. The van der Waals surface area contributed by atoms with E-state index in [0.717, 1.165) is 24.5 Å². The predicted octanol–water partition coefficient (Wildman–Crippen LogP) is 1.24. The second-order valence-electron chi connectivity index (χ2n) is 5.59. The third kappa shape index (κ3) is 2.78. The molecule has 0 spiro atoms. The summed E-state index contributed by atoms with van der Waals surface area (Å²) in [5, 5.41) is 13.6. The first-order chi connectivity index (χ1) is 11.7. The van der Waals surface area contributed by atoms with E-state index in [2.05, 4.69) is 35.0 Å². The van der Waals surface area contributed by atoms with Gasteiger partial charge in [-0.25, -0.2) is 15.0 Å². The minimum absolute atomic E-state index is 0.0535. The molecule has 9 heteroatoms. The summed E-state index contributed by atoms with van der Waals surface area (Å²) in [7, 11) is 0. The van der Waals surface area contributed by atoms with Crippen molar-refractivity contribution in [3.8, 4) is 10.8 Å². The van der Waals surface area contributed by atoms with E-state index in [4.69, 9.17) is 0 Å². The summed E-state index contributed by atoms with van der Waals surface area (Å²) in [6.45, 7) is 2.62. The van der Waals surface area contributed by atoms with Crippen molar-refractivity contribution in [1.82, 2.24) is 35.0 Å². The molecule has 24 heavy (non-hydrogen) atoms. The molecular weight excluding hydrogens is 326 g/mol. The summed E-state index contributed by atoms with van der Waals surface area (Å²) in [5.74, 6) is 2.22. The van der Waals surface area contributed by atoms with Crippen molar-refractivity contribution < 1.29 is 4.79 Å². The molecule has 4 rings (SSSR count). The van der Waals surface area contributed by atoms with E-state index < -0.39 is 0 Å². The van der Waals surface area contributed by atoms with Crippen LogP contribution in [0, 0.1) is 6.92 Å². The van der Waals surface area contributed by atoms with Crippen LogP contribution in [-0.2, 0) is 13.0 Å². The van der Waals surface area contributed by atoms with Crippen LogP contribution < -0.4 is 5.32 Å². The van der Waals surface area contributed by atoms with Gasteiger partial charge in [-0.3, -0.25) is 4.79 Å². The number of rotatable bonds is 3. The highest BCUT2D eigenvalue weighted by molar-refractivity contribution is 7.13. The number of carbonyl (C=O) groups excluding carboxylic acids is 1. The van der Waals surface area contributed by atoms with E-state index in [0.29, 0.717) is 23.1 Å². The average Bonchev–Trinajstić information content (AvgIpc) is 3.24. The highest BCUT2D eigenvalue weighted by Crippen LogP contribution is 2.20. The zero-order chi connectivity index (χ0) is 16.5. The topological polar surface area (TPSA) is 98.5 Å². The fraction of sp³-hybridized carbons (Fsp3) is 0.333. The van der Waals surface area contributed by atoms with Crippen molar-refractivity contribution >= 4 is 17.2 Å². The number of hydrogen-bond donors (Lipinski definition) is 1. The van der Waals surface area contributed by atoms with Crippen molar-refractivity contribution in [2.75, 3.05) is 0 Å². The molecule has 1 unspecified atom stereocenters. The Morgan fingerprint density at radius 3 is 3.00 bits per heavy atom. The molecule has 0 bridgehead atoms. The molecule has 0 saturated heterocycles. The van der Waals surface area contributed by atoms with Crippen LogP contribution in [0.2, 0.25) is 0 Å². The number of aromatic nitrogens is 6. The summed E-state index contributed by atoms with van der Waals surface area (Å²) < 4.78 is 2.05. The minimum atomic E-state index is -0.174. The average molecular weight is 341 g/mol. The summed E-state index contributed by atoms with van der Waals surface area (Å²) in [5.41, 5.74) is 0.397. The minimum Gasteiger partial charge on any atom is -0.346 e. The second kappa shape index (κ2) is 6.08. The number of nitrogens with one attached hydrogen (secondary N) is 1. The van der Waals surface area contributed by atoms with Crippen molar-refractivity contribution in [3.63, 3.8) is 0 Å². The third-order valence-corrected chi connectivity index (χ3v) is 4.80. The lowest BCUT2D eigenvalue weighted by Gasteiger charge is -2.24. The van der Waals surface area contributed by atoms with Gasteiger partial charge in [-0.15, -0.1) is 21.5 Å². The largest absolute Gasteiger partial charge is 0.346 e. The smallest absolute Gasteiger partial charge is 0.271 e. The highest BCUT2D eigenvalue weighted by atomic mass is 32.1.